The molecule has 56 valence electrons. The summed E-state index contributed by atoms with van der Waals surface area (Å²) in [7, 11) is 0. The summed E-state index contributed by atoms with van der Waals surface area (Å²) in [6.45, 7) is 0.666. The van der Waals surface area contributed by atoms with Crippen LogP contribution >= 0.6 is 23.5 Å². The highest BCUT2D eigenvalue weighted by atomic mass is 32.2. The second-order valence-corrected chi connectivity index (χ2v) is 3.69. The van der Waals surface area contributed by atoms with E-state index in [1.807, 2.05) is 23.5 Å². The molecule has 0 aliphatic rings. The third kappa shape index (κ3) is 8.62. The fourth-order valence-electron chi connectivity index (χ4n) is 0.351. The van der Waals surface area contributed by atoms with Gasteiger partial charge in [0.25, 0.3) is 0 Å². The van der Waals surface area contributed by atoms with Gasteiger partial charge in [-0.25, -0.2) is 5.90 Å². The normalized spacial score (nSPS) is 10.0. The van der Waals surface area contributed by atoms with E-state index in [1.165, 1.54) is 11.5 Å². The monoisotopic (exact) mass is 167 g/mol. The molecule has 0 bridgehead atoms. The molecule has 0 aromatic rings. The lowest BCUT2D eigenvalue weighted by Crippen LogP contribution is -2.03. The van der Waals surface area contributed by atoms with E-state index in [2.05, 4.69) is 11.1 Å². The third-order valence-electron chi connectivity index (χ3n) is 0.777. The molecular weight excluding hydrogens is 154 g/mol. The molecule has 0 atom stereocenters. The van der Waals surface area contributed by atoms with Crippen LogP contribution in [0.2, 0.25) is 0 Å². The molecule has 0 heterocycles. The summed E-state index contributed by atoms with van der Waals surface area (Å²) >= 11 is 3.74. The van der Waals surface area contributed by atoms with Gasteiger partial charge in [-0.05, 0) is 6.26 Å². The fourth-order valence-corrected chi connectivity index (χ4v) is 1.91. The van der Waals surface area contributed by atoms with Gasteiger partial charge in [0.2, 0.25) is 0 Å². The van der Waals surface area contributed by atoms with Gasteiger partial charge in [-0.15, -0.1) is 0 Å². The number of rotatable bonds is 6. The highest BCUT2D eigenvalue weighted by Gasteiger charge is 1.86. The molecule has 0 spiro atoms. The van der Waals surface area contributed by atoms with Crippen LogP contribution in [0.4, 0.5) is 0 Å². The Kier molecular flexibility index (Phi) is 9.21. The smallest absolute Gasteiger partial charge is 0.0769 e. The maximum absolute atomic E-state index is 4.82. The van der Waals surface area contributed by atoms with Gasteiger partial charge in [-0.1, -0.05) is 0 Å². The first kappa shape index (κ1) is 9.62. The molecule has 2 nitrogen and oxygen atoms in total. The number of thioether (sulfide) groups is 2. The minimum Gasteiger partial charge on any atom is -0.304 e. The molecule has 0 fully saturated rings. The van der Waals surface area contributed by atoms with Crippen molar-refractivity contribution in [3.8, 4) is 0 Å². The molecule has 0 aliphatic carbocycles. The third-order valence-corrected chi connectivity index (χ3v) is 2.60. The minimum atomic E-state index is 0.666. The summed E-state index contributed by atoms with van der Waals surface area (Å²) in [6.07, 6.45) is 2.11. The van der Waals surface area contributed by atoms with E-state index in [4.69, 9.17) is 5.90 Å². The average Bonchev–Trinajstić information content (AvgIpc) is 1.89. The lowest BCUT2D eigenvalue weighted by atomic mass is 10.9. The standard InChI is InChI=1S/C5H13NOS2/c1-8-4-5-9-3-2-7-6/h2-6H2,1H3. The topological polar surface area (TPSA) is 35.2 Å². The average molecular weight is 167 g/mol. The molecular formula is C5H13NOS2. The molecule has 0 aromatic carbocycles. The molecule has 9 heavy (non-hydrogen) atoms. The van der Waals surface area contributed by atoms with Crippen molar-refractivity contribution in [3.63, 3.8) is 0 Å². The van der Waals surface area contributed by atoms with Crippen molar-refractivity contribution in [1.82, 2.24) is 0 Å². The Morgan fingerprint density at radius 3 is 2.67 bits per heavy atom. The van der Waals surface area contributed by atoms with Crippen LogP contribution in [0, 0.1) is 0 Å². The quantitative estimate of drug-likeness (QED) is 0.472. The molecule has 0 aliphatic heterocycles. The molecule has 4 heteroatoms. The fraction of sp³-hybridized carbons (Fsp3) is 1.00. The van der Waals surface area contributed by atoms with Crippen LogP contribution in [0.5, 0.6) is 0 Å². The second-order valence-electron chi connectivity index (χ2n) is 1.48. The van der Waals surface area contributed by atoms with Crippen LogP contribution in [0.25, 0.3) is 0 Å². The van der Waals surface area contributed by atoms with Gasteiger partial charge in [0.1, 0.15) is 0 Å². The molecule has 2 N–H and O–H groups in total. The van der Waals surface area contributed by atoms with E-state index in [0.29, 0.717) is 6.61 Å². The van der Waals surface area contributed by atoms with Crippen LogP contribution in [0.3, 0.4) is 0 Å². The van der Waals surface area contributed by atoms with Crippen molar-refractivity contribution in [2.45, 2.75) is 0 Å². The van der Waals surface area contributed by atoms with Crippen LogP contribution in [-0.4, -0.2) is 30.1 Å². The van der Waals surface area contributed by atoms with Crippen LogP contribution in [-0.2, 0) is 4.84 Å². The summed E-state index contributed by atoms with van der Waals surface area (Å²) in [6, 6.07) is 0. The van der Waals surface area contributed by atoms with Crippen molar-refractivity contribution >= 4 is 23.5 Å². The summed E-state index contributed by atoms with van der Waals surface area (Å²) in [5, 5.41) is 0. The molecule has 0 saturated heterocycles. The lowest BCUT2D eigenvalue weighted by molar-refractivity contribution is 0.155. The highest BCUT2D eigenvalue weighted by Crippen LogP contribution is 2.02. The van der Waals surface area contributed by atoms with Gasteiger partial charge in [-0.3, -0.25) is 0 Å². The van der Waals surface area contributed by atoms with Gasteiger partial charge in [0.05, 0.1) is 6.61 Å². The van der Waals surface area contributed by atoms with E-state index < -0.39 is 0 Å². The van der Waals surface area contributed by atoms with E-state index in [0.717, 1.165) is 5.75 Å². The summed E-state index contributed by atoms with van der Waals surface area (Å²) in [4.78, 5) is 4.39. The highest BCUT2D eigenvalue weighted by molar-refractivity contribution is 8.02. The molecule has 0 rings (SSSR count). The Bertz CT molecular complexity index is 48.2. The zero-order valence-electron chi connectivity index (χ0n) is 5.63. The van der Waals surface area contributed by atoms with E-state index >= 15 is 0 Å². The molecule has 0 saturated carbocycles. The predicted molar refractivity (Wildman–Crippen MR) is 45.8 cm³/mol. The first-order valence-electron chi connectivity index (χ1n) is 2.80. The van der Waals surface area contributed by atoms with E-state index in [-0.39, 0.29) is 0 Å². The van der Waals surface area contributed by atoms with Gasteiger partial charge in [0, 0.05) is 17.3 Å². The van der Waals surface area contributed by atoms with Crippen molar-refractivity contribution in [2.24, 2.45) is 5.90 Å². The lowest BCUT2D eigenvalue weighted by Gasteiger charge is -1.96. The first-order chi connectivity index (χ1) is 4.41. The Morgan fingerprint density at radius 2 is 2.11 bits per heavy atom. The molecule has 0 amide bonds. The van der Waals surface area contributed by atoms with E-state index in [1.54, 1.807) is 0 Å². The Balaban J connectivity index is 2.60. The second kappa shape index (κ2) is 8.62. The minimum absolute atomic E-state index is 0.666. The van der Waals surface area contributed by atoms with Crippen molar-refractivity contribution < 1.29 is 4.84 Å². The summed E-state index contributed by atoms with van der Waals surface area (Å²) < 4.78 is 0. The van der Waals surface area contributed by atoms with E-state index in [9.17, 15) is 0 Å². The van der Waals surface area contributed by atoms with Crippen LogP contribution in [0.15, 0.2) is 0 Å². The van der Waals surface area contributed by atoms with Crippen LogP contribution in [0.1, 0.15) is 0 Å². The Hall–Kier alpha value is 0.620. The van der Waals surface area contributed by atoms with Crippen molar-refractivity contribution in [2.75, 3.05) is 30.1 Å². The van der Waals surface area contributed by atoms with Gasteiger partial charge in [0.15, 0.2) is 0 Å². The molecule has 0 unspecified atom stereocenters. The van der Waals surface area contributed by atoms with Gasteiger partial charge in [-0.2, -0.15) is 23.5 Å². The Morgan fingerprint density at radius 1 is 1.33 bits per heavy atom. The number of nitrogens with two attached hydrogens (primary N) is 1. The maximum atomic E-state index is 4.82. The SMILES string of the molecule is CSCCSCCON. The number of hydrogen-bond acceptors (Lipinski definition) is 4. The zero-order valence-corrected chi connectivity index (χ0v) is 7.26. The maximum Gasteiger partial charge on any atom is 0.0769 e. The van der Waals surface area contributed by atoms with Crippen molar-refractivity contribution in [1.29, 1.82) is 0 Å². The predicted octanol–water partition coefficient (Wildman–Crippen LogP) is 0.973. The van der Waals surface area contributed by atoms with Gasteiger partial charge >= 0.3 is 0 Å². The summed E-state index contributed by atoms with van der Waals surface area (Å²) in [5.74, 6) is 8.25. The molecule has 0 radical (unpaired) electrons. The zero-order chi connectivity index (χ0) is 6.95. The first-order valence-corrected chi connectivity index (χ1v) is 5.35. The van der Waals surface area contributed by atoms with Crippen LogP contribution < -0.4 is 5.90 Å². The Labute approximate surface area is 64.9 Å². The largest absolute Gasteiger partial charge is 0.304 e. The number of hydrogen-bond donors (Lipinski definition) is 1. The summed E-state index contributed by atoms with van der Waals surface area (Å²) in [5.41, 5.74) is 0. The molecule has 0 aromatic heterocycles. The van der Waals surface area contributed by atoms with Crippen molar-refractivity contribution in [3.05, 3.63) is 0 Å². The van der Waals surface area contributed by atoms with Gasteiger partial charge < -0.3 is 4.84 Å².